The molecule has 2 atom stereocenters. The molecule has 0 aromatic rings. The zero-order chi connectivity index (χ0) is 15.1. The summed E-state index contributed by atoms with van der Waals surface area (Å²) in [6.45, 7) is 8.91. The fourth-order valence-electron chi connectivity index (χ4n) is 2.82. The van der Waals surface area contributed by atoms with Gasteiger partial charge in [-0.2, -0.15) is 0 Å². The summed E-state index contributed by atoms with van der Waals surface area (Å²) < 4.78 is 0. The van der Waals surface area contributed by atoms with E-state index in [0.717, 1.165) is 13.1 Å². The third kappa shape index (κ3) is 7.67. The number of carbonyl (C=O) groups is 2. The number of carbonyl (C=O) groups excluding carboxylic acids is 2. The number of hydrogen-bond acceptors (Lipinski definition) is 3. The summed E-state index contributed by atoms with van der Waals surface area (Å²) in [7, 11) is 0. The summed E-state index contributed by atoms with van der Waals surface area (Å²) in [5.74, 6) is 0.853. The summed E-state index contributed by atoms with van der Waals surface area (Å²) >= 11 is 0. The highest BCUT2D eigenvalue weighted by Crippen LogP contribution is 2.23. The maximum atomic E-state index is 12.4. The largest absolute Gasteiger partial charge is 0.368 e. The van der Waals surface area contributed by atoms with Crippen molar-refractivity contribution in [3.63, 3.8) is 0 Å². The predicted octanol–water partition coefficient (Wildman–Crippen LogP) is 1.40. The van der Waals surface area contributed by atoms with Crippen LogP contribution in [0, 0.1) is 17.8 Å². The molecule has 0 aromatic heterocycles. The van der Waals surface area contributed by atoms with Gasteiger partial charge in [0.25, 0.3) is 0 Å². The number of nitrogens with two attached hydrogens (primary N) is 1. The number of rotatable bonds is 7. The number of primary amides is 1. The van der Waals surface area contributed by atoms with Gasteiger partial charge in [-0.25, -0.2) is 0 Å². The quantitative estimate of drug-likeness (QED) is 0.745. The molecule has 0 aliphatic carbocycles. The minimum atomic E-state index is -0.439. The molecule has 5 nitrogen and oxygen atoms in total. The molecule has 21 heavy (non-hydrogen) atoms. The van der Waals surface area contributed by atoms with Crippen molar-refractivity contribution in [2.24, 2.45) is 23.5 Å². The van der Waals surface area contributed by atoms with E-state index in [-0.39, 0.29) is 24.9 Å². The first-order valence-corrected chi connectivity index (χ1v) is 7.67. The smallest absolute Gasteiger partial charge is 0.237 e. The van der Waals surface area contributed by atoms with E-state index >= 15 is 0 Å². The molecule has 2 unspecified atom stereocenters. The average molecular weight is 320 g/mol. The second kappa shape index (κ2) is 10.0. The van der Waals surface area contributed by atoms with Crippen LogP contribution >= 0.6 is 12.4 Å². The lowest BCUT2D eigenvalue weighted by Crippen LogP contribution is -2.42. The molecule has 3 N–H and O–H groups in total. The Morgan fingerprint density at radius 2 is 2.00 bits per heavy atom. The van der Waals surface area contributed by atoms with Crippen LogP contribution in [0.4, 0.5) is 0 Å². The van der Waals surface area contributed by atoms with E-state index < -0.39 is 5.91 Å². The van der Waals surface area contributed by atoms with E-state index in [1.165, 1.54) is 12.8 Å². The highest BCUT2D eigenvalue weighted by atomic mass is 35.5. The van der Waals surface area contributed by atoms with Gasteiger partial charge in [-0.05, 0) is 43.7 Å². The Labute approximate surface area is 134 Å². The van der Waals surface area contributed by atoms with Gasteiger partial charge in [0.1, 0.15) is 0 Å². The van der Waals surface area contributed by atoms with Gasteiger partial charge in [-0.15, -0.1) is 12.4 Å². The first-order chi connectivity index (χ1) is 9.40. The molecule has 0 radical (unpaired) electrons. The Bertz CT molecular complexity index is 331. The van der Waals surface area contributed by atoms with E-state index in [1.54, 1.807) is 4.90 Å². The van der Waals surface area contributed by atoms with Gasteiger partial charge < -0.3 is 16.0 Å². The number of piperidine rings is 1. The third-order valence-electron chi connectivity index (χ3n) is 3.92. The Morgan fingerprint density at radius 1 is 1.33 bits per heavy atom. The molecule has 0 spiro atoms. The van der Waals surface area contributed by atoms with Crippen molar-refractivity contribution in [2.45, 2.75) is 40.0 Å². The van der Waals surface area contributed by atoms with Crippen molar-refractivity contribution in [1.82, 2.24) is 10.2 Å². The average Bonchev–Trinajstić information content (AvgIpc) is 2.37. The lowest BCUT2D eigenvalue weighted by atomic mass is 9.85. The summed E-state index contributed by atoms with van der Waals surface area (Å²) in [6, 6.07) is 0. The Kier molecular flexibility index (Phi) is 9.62. The lowest BCUT2D eigenvalue weighted by molar-refractivity contribution is -0.136. The van der Waals surface area contributed by atoms with E-state index in [1.807, 2.05) is 13.8 Å². The van der Waals surface area contributed by atoms with Gasteiger partial charge in [0.15, 0.2) is 0 Å². The summed E-state index contributed by atoms with van der Waals surface area (Å²) in [4.78, 5) is 25.1. The second-order valence-corrected chi connectivity index (χ2v) is 6.42. The van der Waals surface area contributed by atoms with E-state index in [0.29, 0.717) is 30.7 Å². The van der Waals surface area contributed by atoms with Crippen molar-refractivity contribution in [3.8, 4) is 0 Å². The first-order valence-electron chi connectivity index (χ1n) is 7.67. The van der Waals surface area contributed by atoms with Crippen LogP contribution in [0.5, 0.6) is 0 Å². The minimum Gasteiger partial charge on any atom is -0.368 e. The van der Waals surface area contributed by atoms with Crippen LogP contribution < -0.4 is 11.1 Å². The van der Waals surface area contributed by atoms with Crippen molar-refractivity contribution < 1.29 is 9.59 Å². The molecular weight excluding hydrogens is 290 g/mol. The lowest BCUT2D eigenvalue weighted by Gasteiger charge is -2.30. The molecule has 0 bridgehead atoms. The molecule has 0 aromatic carbocycles. The molecule has 0 saturated carbocycles. The molecule has 1 saturated heterocycles. The summed E-state index contributed by atoms with van der Waals surface area (Å²) in [5.41, 5.74) is 5.24. The van der Waals surface area contributed by atoms with Gasteiger partial charge in [-0.1, -0.05) is 20.8 Å². The monoisotopic (exact) mass is 319 g/mol. The Morgan fingerprint density at radius 3 is 2.48 bits per heavy atom. The normalized spacial score (nSPS) is 19.7. The standard InChI is InChI=1S/C15H29N3O2.ClH/c1-11(2)9-18(10-14(16)19)15(20)7-12(3)13-5-4-6-17-8-13;/h11-13,17H,4-10H2,1-3H3,(H2,16,19);1H. The third-order valence-corrected chi connectivity index (χ3v) is 3.92. The molecule has 1 heterocycles. The van der Waals surface area contributed by atoms with Crippen LogP contribution in [0.15, 0.2) is 0 Å². The van der Waals surface area contributed by atoms with Crippen molar-refractivity contribution in [3.05, 3.63) is 0 Å². The van der Waals surface area contributed by atoms with Gasteiger partial charge >= 0.3 is 0 Å². The van der Waals surface area contributed by atoms with E-state index in [2.05, 4.69) is 12.2 Å². The number of amides is 2. The Hall–Kier alpha value is -0.810. The maximum absolute atomic E-state index is 12.4. The van der Waals surface area contributed by atoms with Gasteiger partial charge in [0.05, 0.1) is 6.54 Å². The second-order valence-electron chi connectivity index (χ2n) is 6.42. The maximum Gasteiger partial charge on any atom is 0.237 e. The van der Waals surface area contributed by atoms with Crippen LogP contribution in [0.25, 0.3) is 0 Å². The van der Waals surface area contributed by atoms with Crippen molar-refractivity contribution in [2.75, 3.05) is 26.2 Å². The number of halogens is 1. The number of nitrogens with zero attached hydrogens (tertiary/aromatic N) is 1. The first kappa shape index (κ1) is 20.2. The molecule has 1 aliphatic rings. The number of hydrogen-bond donors (Lipinski definition) is 2. The minimum absolute atomic E-state index is 0. The summed E-state index contributed by atoms with van der Waals surface area (Å²) in [6.07, 6.45) is 2.87. The summed E-state index contributed by atoms with van der Waals surface area (Å²) in [5, 5.41) is 3.38. The van der Waals surface area contributed by atoms with Crippen molar-refractivity contribution >= 4 is 24.2 Å². The molecule has 1 rings (SSSR count). The Balaban J connectivity index is 0.00000400. The van der Waals surface area contributed by atoms with Crippen molar-refractivity contribution in [1.29, 1.82) is 0 Å². The molecule has 124 valence electrons. The van der Waals surface area contributed by atoms with Crippen LogP contribution in [0.2, 0.25) is 0 Å². The highest BCUT2D eigenvalue weighted by molar-refractivity contribution is 5.85. The molecule has 2 amide bonds. The number of nitrogens with one attached hydrogen (secondary N) is 1. The van der Waals surface area contributed by atoms with Gasteiger partial charge in [0, 0.05) is 13.0 Å². The van der Waals surface area contributed by atoms with Crippen LogP contribution in [-0.2, 0) is 9.59 Å². The topological polar surface area (TPSA) is 75.4 Å². The molecule has 1 fully saturated rings. The molecule has 6 heteroatoms. The molecule has 1 aliphatic heterocycles. The van der Waals surface area contributed by atoms with Crippen LogP contribution in [0.3, 0.4) is 0 Å². The fraction of sp³-hybridized carbons (Fsp3) is 0.867. The van der Waals surface area contributed by atoms with Crippen LogP contribution in [0.1, 0.15) is 40.0 Å². The van der Waals surface area contributed by atoms with E-state index in [4.69, 9.17) is 5.73 Å². The van der Waals surface area contributed by atoms with E-state index in [9.17, 15) is 9.59 Å². The highest BCUT2D eigenvalue weighted by Gasteiger charge is 2.25. The van der Waals surface area contributed by atoms with Gasteiger partial charge in [0.2, 0.25) is 11.8 Å². The van der Waals surface area contributed by atoms with Crippen LogP contribution in [-0.4, -0.2) is 42.9 Å². The predicted molar refractivity (Wildman–Crippen MR) is 87.2 cm³/mol. The zero-order valence-corrected chi connectivity index (χ0v) is 14.2. The fourth-order valence-corrected chi connectivity index (χ4v) is 2.82. The van der Waals surface area contributed by atoms with Gasteiger partial charge in [-0.3, -0.25) is 9.59 Å². The zero-order valence-electron chi connectivity index (χ0n) is 13.4. The molecular formula is C15H30ClN3O2. The SMILES string of the molecule is CC(C)CN(CC(N)=O)C(=O)CC(C)C1CCCNC1.Cl.